The molecule has 1 N–H and O–H groups in total. The normalized spacial score (nSPS) is 10.8. The number of benzene rings is 2. The number of rotatable bonds is 4. The van der Waals surface area contributed by atoms with Crippen molar-refractivity contribution in [2.75, 3.05) is 5.32 Å². The summed E-state index contributed by atoms with van der Waals surface area (Å²) in [7, 11) is 0. The molecule has 0 radical (unpaired) electrons. The molecule has 4 aromatic rings. The van der Waals surface area contributed by atoms with E-state index in [9.17, 15) is 14.5 Å². The van der Waals surface area contributed by atoms with Crippen molar-refractivity contribution >= 4 is 39.6 Å². The molecule has 2 heterocycles. The zero-order valence-electron chi connectivity index (χ0n) is 13.2. The van der Waals surface area contributed by atoms with E-state index in [2.05, 4.69) is 15.3 Å². The molecule has 0 atom stereocenters. The lowest BCUT2D eigenvalue weighted by Gasteiger charge is -2.11. The van der Waals surface area contributed by atoms with E-state index in [0.717, 1.165) is 4.88 Å². The van der Waals surface area contributed by atoms with Crippen molar-refractivity contribution in [2.45, 2.75) is 0 Å². The molecule has 2 aromatic heterocycles. The van der Waals surface area contributed by atoms with Crippen LogP contribution in [-0.4, -0.2) is 14.9 Å². The van der Waals surface area contributed by atoms with Crippen LogP contribution in [0, 0.1) is 15.9 Å². The molecule has 6 nitrogen and oxygen atoms in total. The van der Waals surface area contributed by atoms with Gasteiger partial charge >= 0.3 is 0 Å². The topological polar surface area (TPSA) is 81.0 Å². The minimum absolute atomic E-state index is 0.0465. The van der Waals surface area contributed by atoms with Crippen LogP contribution in [0.5, 0.6) is 0 Å². The number of hydrogen-bond donors (Lipinski definition) is 1. The Bertz CT molecular complexity index is 1120. The van der Waals surface area contributed by atoms with Crippen LogP contribution in [-0.2, 0) is 0 Å². The van der Waals surface area contributed by atoms with Gasteiger partial charge in [0.15, 0.2) is 5.82 Å². The van der Waals surface area contributed by atoms with E-state index in [1.807, 2.05) is 17.5 Å². The van der Waals surface area contributed by atoms with E-state index in [0.29, 0.717) is 28.2 Å². The van der Waals surface area contributed by atoms with E-state index in [-0.39, 0.29) is 11.5 Å². The smallest absolute Gasteiger partial charge is 0.271 e. The maximum atomic E-state index is 13.5. The summed E-state index contributed by atoms with van der Waals surface area (Å²) < 4.78 is 13.5. The number of non-ortho nitro benzene ring substituents is 1. The van der Waals surface area contributed by atoms with Crippen LogP contribution >= 0.6 is 11.3 Å². The van der Waals surface area contributed by atoms with Gasteiger partial charge in [0.25, 0.3) is 5.69 Å². The molecule has 0 unspecified atom stereocenters. The summed E-state index contributed by atoms with van der Waals surface area (Å²) in [5.74, 6) is 0.0939. The van der Waals surface area contributed by atoms with Crippen molar-refractivity contribution in [1.82, 2.24) is 9.97 Å². The van der Waals surface area contributed by atoms with Crippen LogP contribution in [0.3, 0.4) is 0 Å². The Labute approximate surface area is 151 Å². The first kappa shape index (κ1) is 16.1. The minimum atomic E-state index is -0.467. The fourth-order valence-corrected chi connectivity index (χ4v) is 3.25. The number of halogens is 1. The van der Waals surface area contributed by atoms with E-state index in [1.54, 1.807) is 18.2 Å². The molecule has 0 bridgehead atoms. The second-order valence-electron chi connectivity index (χ2n) is 5.46. The first-order valence-electron chi connectivity index (χ1n) is 7.63. The molecule has 128 valence electrons. The van der Waals surface area contributed by atoms with Gasteiger partial charge in [0, 0.05) is 17.8 Å². The van der Waals surface area contributed by atoms with Gasteiger partial charge in [0.1, 0.15) is 11.5 Å². The summed E-state index contributed by atoms with van der Waals surface area (Å²) in [6, 6.07) is 14.1. The lowest BCUT2D eigenvalue weighted by molar-refractivity contribution is -0.384. The first-order chi connectivity index (χ1) is 12.6. The van der Waals surface area contributed by atoms with E-state index < -0.39 is 4.92 Å². The SMILES string of the molecule is O=[N+]([O-])c1ccc2nc(Nc3cccc(F)c3)c(-c3cccs3)nc2c1. The van der Waals surface area contributed by atoms with Crippen molar-refractivity contribution in [2.24, 2.45) is 0 Å². The average Bonchev–Trinajstić information content (AvgIpc) is 3.15. The number of anilines is 2. The number of thiophene rings is 1. The summed E-state index contributed by atoms with van der Waals surface area (Å²) >= 11 is 1.47. The molecule has 0 saturated heterocycles. The van der Waals surface area contributed by atoms with Gasteiger partial charge in [-0.2, -0.15) is 0 Å². The molecule has 0 aliphatic rings. The first-order valence-corrected chi connectivity index (χ1v) is 8.51. The predicted octanol–water partition coefficient (Wildman–Crippen LogP) is 5.15. The highest BCUT2D eigenvalue weighted by Gasteiger charge is 2.15. The lowest BCUT2D eigenvalue weighted by Crippen LogP contribution is -2.00. The summed E-state index contributed by atoms with van der Waals surface area (Å²) in [6.07, 6.45) is 0. The number of nitrogens with one attached hydrogen (secondary N) is 1. The van der Waals surface area contributed by atoms with Gasteiger partial charge < -0.3 is 5.32 Å². The van der Waals surface area contributed by atoms with E-state index in [1.165, 1.54) is 35.6 Å². The molecule has 2 aromatic carbocycles. The van der Waals surface area contributed by atoms with Gasteiger partial charge in [0.05, 0.1) is 20.8 Å². The maximum Gasteiger partial charge on any atom is 0.271 e. The standard InChI is InChI=1S/C18H11FN4O2S/c19-11-3-1-4-12(9-11)20-18-17(16-5-2-8-26-16)21-15-10-13(23(24)25)6-7-14(15)22-18/h1-10H,(H,20,22). The molecule has 0 saturated carbocycles. The highest BCUT2D eigenvalue weighted by Crippen LogP contribution is 2.33. The number of nitro groups is 1. The van der Waals surface area contributed by atoms with Gasteiger partial charge in [-0.1, -0.05) is 12.1 Å². The summed E-state index contributed by atoms with van der Waals surface area (Å²) in [4.78, 5) is 20.5. The van der Waals surface area contributed by atoms with Gasteiger partial charge in [-0.15, -0.1) is 11.3 Å². The molecule has 0 fully saturated rings. The number of nitrogens with zero attached hydrogens (tertiary/aromatic N) is 3. The molecule has 8 heteroatoms. The molecular formula is C18H11FN4O2S. The summed E-state index contributed by atoms with van der Waals surface area (Å²) in [6.45, 7) is 0. The molecule has 0 aliphatic carbocycles. The Morgan fingerprint density at radius 3 is 2.65 bits per heavy atom. The van der Waals surface area contributed by atoms with Crippen LogP contribution in [0.1, 0.15) is 0 Å². The Balaban J connectivity index is 1.88. The number of fused-ring (bicyclic) bond motifs is 1. The third kappa shape index (κ3) is 3.09. The van der Waals surface area contributed by atoms with E-state index >= 15 is 0 Å². The third-order valence-corrected chi connectivity index (χ3v) is 4.58. The minimum Gasteiger partial charge on any atom is -0.338 e. The second-order valence-corrected chi connectivity index (χ2v) is 6.41. The molecule has 0 aliphatic heterocycles. The molecule has 4 rings (SSSR count). The van der Waals surface area contributed by atoms with Gasteiger partial charge in [0.2, 0.25) is 0 Å². The van der Waals surface area contributed by atoms with Crippen molar-refractivity contribution < 1.29 is 9.31 Å². The van der Waals surface area contributed by atoms with Gasteiger partial charge in [-0.05, 0) is 35.7 Å². The number of hydrogen-bond acceptors (Lipinski definition) is 6. The van der Waals surface area contributed by atoms with Crippen LogP contribution in [0.15, 0.2) is 60.0 Å². The predicted molar refractivity (Wildman–Crippen MR) is 99.2 cm³/mol. The van der Waals surface area contributed by atoms with Crippen LogP contribution < -0.4 is 5.32 Å². The fourth-order valence-electron chi connectivity index (χ4n) is 2.53. The van der Waals surface area contributed by atoms with Gasteiger partial charge in [-0.25, -0.2) is 14.4 Å². The molecule has 0 amide bonds. The molecule has 26 heavy (non-hydrogen) atoms. The summed E-state index contributed by atoms with van der Waals surface area (Å²) in [5.41, 5.74) is 1.98. The van der Waals surface area contributed by atoms with Crippen LogP contribution in [0.2, 0.25) is 0 Å². The monoisotopic (exact) mass is 366 g/mol. The lowest BCUT2D eigenvalue weighted by atomic mass is 10.2. The van der Waals surface area contributed by atoms with Gasteiger partial charge in [-0.3, -0.25) is 10.1 Å². The zero-order chi connectivity index (χ0) is 18.1. The third-order valence-electron chi connectivity index (χ3n) is 3.70. The highest BCUT2D eigenvalue weighted by atomic mass is 32.1. The van der Waals surface area contributed by atoms with Crippen LogP contribution in [0.4, 0.5) is 21.6 Å². The Kier molecular flexibility index (Phi) is 4.02. The average molecular weight is 366 g/mol. The molecular weight excluding hydrogens is 355 g/mol. The second kappa shape index (κ2) is 6.49. The molecule has 0 spiro atoms. The van der Waals surface area contributed by atoms with Crippen molar-refractivity contribution in [1.29, 1.82) is 0 Å². The quantitative estimate of drug-likeness (QED) is 0.399. The Hall–Kier alpha value is -3.39. The summed E-state index contributed by atoms with van der Waals surface area (Å²) in [5, 5.41) is 16.0. The Morgan fingerprint density at radius 2 is 1.92 bits per heavy atom. The van der Waals surface area contributed by atoms with Crippen LogP contribution in [0.25, 0.3) is 21.6 Å². The van der Waals surface area contributed by atoms with Crippen molar-refractivity contribution in [3.05, 3.63) is 75.9 Å². The maximum absolute atomic E-state index is 13.5. The zero-order valence-corrected chi connectivity index (χ0v) is 14.0. The number of aromatic nitrogens is 2. The van der Waals surface area contributed by atoms with Crippen molar-refractivity contribution in [3.8, 4) is 10.6 Å². The van der Waals surface area contributed by atoms with E-state index in [4.69, 9.17) is 0 Å². The largest absolute Gasteiger partial charge is 0.338 e. The number of nitro benzene ring substituents is 1. The highest BCUT2D eigenvalue weighted by molar-refractivity contribution is 7.13. The van der Waals surface area contributed by atoms with Crippen molar-refractivity contribution in [3.63, 3.8) is 0 Å². The Morgan fingerprint density at radius 1 is 1.04 bits per heavy atom. The fraction of sp³-hybridized carbons (Fsp3) is 0.